The van der Waals surface area contributed by atoms with E-state index in [-0.39, 0.29) is 12.1 Å². The van der Waals surface area contributed by atoms with Crippen molar-refractivity contribution in [1.29, 1.82) is 0 Å². The molecule has 26 heavy (non-hydrogen) atoms. The second-order valence-electron chi connectivity index (χ2n) is 7.32. The molecule has 0 saturated heterocycles. The highest BCUT2D eigenvalue weighted by Gasteiger charge is 2.24. The van der Waals surface area contributed by atoms with Crippen molar-refractivity contribution < 1.29 is 14.6 Å². The molecule has 1 amide bonds. The third-order valence-electron chi connectivity index (χ3n) is 5.43. The van der Waals surface area contributed by atoms with Crippen LogP contribution in [0.4, 0.5) is 11.8 Å². The van der Waals surface area contributed by atoms with Gasteiger partial charge in [0.15, 0.2) is 0 Å². The predicted molar refractivity (Wildman–Crippen MR) is 99.1 cm³/mol. The van der Waals surface area contributed by atoms with Crippen molar-refractivity contribution in [3.05, 3.63) is 11.8 Å². The summed E-state index contributed by atoms with van der Waals surface area (Å²) in [5.41, 5.74) is 5.77. The van der Waals surface area contributed by atoms with Crippen LogP contribution in [-0.4, -0.2) is 52.4 Å². The average molecular weight is 363 g/mol. The van der Waals surface area contributed by atoms with E-state index < -0.39 is 5.91 Å². The first-order valence-corrected chi connectivity index (χ1v) is 9.46. The first-order chi connectivity index (χ1) is 12.5. The van der Waals surface area contributed by atoms with Crippen molar-refractivity contribution in [2.24, 2.45) is 5.73 Å². The number of rotatable bonds is 6. The fraction of sp³-hybridized carbons (Fsp3) is 0.722. The van der Waals surface area contributed by atoms with E-state index in [0.29, 0.717) is 29.5 Å². The summed E-state index contributed by atoms with van der Waals surface area (Å²) in [5.74, 6) is 0.437. The molecular formula is C18H29N5O3. The number of aliphatic hydroxyl groups excluding tert-OH is 1. The number of carbonyl (C=O) groups is 1. The average Bonchev–Trinajstić information content (AvgIpc) is 2.64. The van der Waals surface area contributed by atoms with Crippen LogP contribution in [0.25, 0.3) is 0 Å². The molecule has 8 heteroatoms. The molecule has 5 N–H and O–H groups in total. The highest BCUT2D eigenvalue weighted by molar-refractivity contribution is 5.97. The van der Waals surface area contributed by atoms with Gasteiger partial charge < -0.3 is 26.2 Å². The van der Waals surface area contributed by atoms with Gasteiger partial charge in [-0.1, -0.05) is 0 Å². The molecule has 2 aliphatic rings. The number of primary amides is 1. The van der Waals surface area contributed by atoms with Crippen LogP contribution in [0.1, 0.15) is 61.7 Å². The summed E-state index contributed by atoms with van der Waals surface area (Å²) < 4.78 is 5.40. The van der Waals surface area contributed by atoms with Gasteiger partial charge in [0.25, 0.3) is 5.91 Å². The van der Waals surface area contributed by atoms with Gasteiger partial charge in [0.05, 0.1) is 17.8 Å². The van der Waals surface area contributed by atoms with Crippen LogP contribution in [0.5, 0.6) is 0 Å². The van der Waals surface area contributed by atoms with E-state index in [0.717, 1.165) is 51.4 Å². The highest BCUT2D eigenvalue weighted by atomic mass is 16.5. The topological polar surface area (TPSA) is 122 Å². The molecule has 2 fully saturated rings. The summed E-state index contributed by atoms with van der Waals surface area (Å²) in [6, 6.07) is 0.481. The minimum atomic E-state index is -0.546. The lowest BCUT2D eigenvalue weighted by Gasteiger charge is -2.29. The van der Waals surface area contributed by atoms with Gasteiger partial charge >= 0.3 is 0 Å². The Morgan fingerprint density at radius 1 is 1.12 bits per heavy atom. The van der Waals surface area contributed by atoms with Gasteiger partial charge in [-0.05, 0) is 51.4 Å². The molecule has 2 saturated carbocycles. The fourth-order valence-electron chi connectivity index (χ4n) is 3.78. The normalized spacial score (nSPS) is 29.2. The third kappa shape index (κ3) is 4.82. The van der Waals surface area contributed by atoms with Crippen molar-refractivity contribution in [3.8, 4) is 0 Å². The number of aromatic nitrogens is 2. The maximum atomic E-state index is 11.7. The van der Waals surface area contributed by atoms with E-state index in [4.69, 9.17) is 10.5 Å². The maximum absolute atomic E-state index is 11.7. The zero-order valence-corrected chi connectivity index (χ0v) is 15.3. The van der Waals surface area contributed by atoms with Crippen LogP contribution in [-0.2, 0) is 4.74 Å². The number of methoxy groups -OCH3 is 1. The zero-order chi connectivity index (χ0) is 18.5. The largest absolute Gasteiger partial charge is 0.393 e. The van der Waals surface area contributed by atoms with Crippen molar-refractivity contribution in [2.75, 3.05) is 17.7 Å². The van der Waals surface area contributed by atoms with Gasteiger partial charge in [0, 0.05) is 25.4 Å². The second kappa shape index (κ2) is 8.64. The molecule has 1 heterocycles. The lowest BCUT2D eigenvalue weighted by atomic mass is 9.93. The Bertz CT molecular complexity index is 611. The first kappa shape index (κ1) is 18.8. The highest BCUT2D eigenvalue weighted by Crippen LogP contribution is 2.25. The molecule has 0 bridgehead atoms. The van der Waals surface area contributed by atoms with Gasteiger partial charge in [0.1, 0.15) is 5.82 Å². The summed E-state index contributed by atoms with van der Waals surface area (Å²) in [5, 5.41) is 16.3. The zero-order valence-electron chi connectivity index (χ0n) is 15.3. The van der Waals surface area contributed by atoms with E-state index in [1.165, 1.54) is 6.20 Å². The number of nitrogens with two attached hydrogens (primary N) is 1. The molecule has 0 unspecified atom stereocenters. The Morgan fingerprint density at radius 2 is 1.73 bits per heavy atom. The molecule has 144 valence electrons. The molecule has 0 atom stereocenters. The van der Waals surface area contributed by atoms with E-state index >= 15 is 0 Å². The van der Waals surface area contributed by atoms with Crippen LogP contribution < -0.4 is 16.4 Å². The number of anilines is 2. The summed E-state index contributed by atoms with van der Waals surface area (Å²) in [6.45, 7) is 0. The Hall–Kier alpha value is -1.93. The third-order valence-corrected chi connectivity index (χ3v) is 5.43. The molecule has 8 nitrogen and oxygen atoms in total. The summed E-state index contributed by atoms with van der Waals surface area (Å²) in [7, 11) is 1.76. The van der Waals surface area contributed by atoms with Crippen LogP contribution in [0.3, 0.4) is 0 Å². The van der Waals surface area contributed by atoms with Crippen molar-refractivity contribution in [3.63, 3.8) is 0 Å². The molecule has 1 aromatic rings. The van der Waals surface area contributed by atoms with Crippen molar-refractivity contribution >= 4 is 17.7 Å². The lowest BCUT2D eigenvalue weighted by Crippen LogP contribution is -2.31. The molecule has 1 aromatic heterocycles. The van der Waals surface area contributed by atoms with Gasteiger partial charge in [-0.3, -0.25) is 4.79 Å². The Morgan fingerprint density at radius 3 is 2.35 bits per heavy atom. The number of ether oxygens (including phenoxy) is 1. The summed E-state index contributed by atoms with van der Waals surface area (Å²) in [6.07, 6.45) is 8.82. The fourth-order valence-corrected chi connectivity index (χ4v) is 3.78. The quantitative estimate of drug-likeness (QED) is 0.606. The molecule has 0 spiro atoms. The first-order valence-electron chi connectivity index (χ1n) is 9.46. The van der Waals surface area contributed by atoms with E-state index in [9.17, 15) is 9.90 Å². The standard InChI is InChI=1S/C18H29N5O3/c1-26-14-8-4-12(5-9-14)22-18-20-10-15(16(19)25)17(23-18)21-11-2-6-13(24)7-3-11/h10-14,24H,2-9H2,1H3,(H2,19,25)(H2,20,21,22,23)/t11-,12-,13-,14-. The molecule has 3 rings (SSSR count). The number of nitrogens with one attached hydrogen (secondary N) is 2. The molecule has 0 aliphatic heterocycles. The van der Waals surface area contributed by atoms with Gasteiger partial charge in [-0.15, -0.1) is 0 Å². The minimum Gasteiger partial charge on any atom is -0.393 e. The molecule has 2 aliphatic carbocycles. The molecular weight excluding hydrogens is 334 g/mol. The Labute approximate surface area is 153 Å². The summed E-state index contributed by atoms with van der Waals surface area (Å²) in [4.78, 5) is 20.5. The van der Waals surface area contributed by atoms with E-state index in [2.05, 4.69) is 20.6 Å². The number of aliphatic hydroxyl groups is 1. The number of carbonyl (C=O) groups excluding carboxylic acids is 1. The SMILES string of the molecule is CO[C@H]1CC[C@H](Nc2ncc(C(N)=O)c(N[C@H]3CC[C@H](O)CC3)n2)CC1. The van der Waals surface area contributed by atoms with Crippen LogP contribution in [0.2, 0.25) is 0 Å². The summed E-state index contributed by atoms with van der Waals surface area (Å²) >= 11 is 0. The van der Waals surface area contributed by atoms with Crippen molar-refractivity contribution in [1.82, 2.24) is 9.97 Å². The van der Waals surface area contributed by atoms with Gasteiger partial charge in [-0.2, -0.15) is 4.98 Å². The molecule has 0 aromatic carbocycles. The van der Waals surface area contributed by atoms with Crippen LogP contribution >= 0.6 is 0 Å². The van der Waals surface area contributed by atoms with E-state index in [1.807, 2.05) is 0 Å². The van der Waals surface area contributed by atoms with Crippen LogP contribution in [0, 0.1) is 0 Å². The number of hydrogen-bond acceptors (Lipinski definition) is 7. The number of amides is 1. The molecule has 0 radical (unpaired) electrons. The smallest absolute Gasteiger partial charge is 0.254 e. The van der Waals surface area contributed by atoms with E-state index in [1.54, 1.807) is 7.11 Å². The predicted octanol–water partition coefficient (Wildman–Crippen LogP) is 1.66. The maximum Gasteiger partial charge on any atom is 0.254 e. The minimum absolute atomic E-state index is 0.177. The monoisotopic (exact) mass is 363 g/mol. The number of nitrogens with zero attached hydrogens (tertiary/aromatic N) is 2. The Kier molecular flexibility index (Phi) is 6.26. The Balaban J connectivity index is 1.67. The van der Waals surface area contributed by atoms with Gasteiger partial charge in [0.2, 0.25) is 5.95 Å². The second-order valence-corrected chi connectivity index (χ2v) is 7.32. The van der Waals surface area contributed by atoms with Crippen LogP contribution in [0.15, 0.2) is 6.20 Å². The lowest BCUT2D eigenvalue weighted by molar-refractivity contribution is 0.0681. The van der Waals surface area contributed by atoms with Crippen molar-refractivity contribution in [2.45, 2.75) is 75.7 Å². The number of hydrogen-bond donors (Lipinski definition) is 4. The van der Waals surface area contributed by atoms with Gasteiger partial charge in [-0.25, -0.2) is 4.98 Å².